The van der Waals surface area contributed by atoms with Gasteiger partial charge in [0.25, 0.3) is 0 Å². The summed E-state index contributed by atoms with van der Waals surface area (Å²) < 4.78 is 4.64. The van der Waals surface area contributed by atoms with Crippen LogP contribution in [0.15, 0.2) is 24.3 Å². The average molecular weight is 217 g/mol. The van der Waals surface area contributed by atoms with Crippen LogP contribution >= 0.6 is 0 Å². The van der Waals surface area contributed by atoms with E-state index in [1.807, 2.05) is 0 Å². The van der Waals surface area contributed by atoms with Crippen molar-refractivity contribution in [1.82, 2.24) is 0 Å². The Kier molecular flexibility index (Phi) is 4.10. The second-order valence-electron chi connectivity index (χ2n) is 2.91. The molecule has 4 heteroatoms. The van der Waals surface area contributed by atoms with Gasteiger partial charge in [0, 0.05) is 17.0 Å². The van der Waals surface area contributed by atoms with Gasteiger partial charge in [0.05, 0.1) is 6.61 Å². The number of rotatable bonds is 2. The van der Waals surface area contributed by atoms with Crippen LogP contribution in [0, 0.1) is 11.8 Å². The van der Waals surface area contributed by atoms with Gasteiger partial charge in [-0.05, 0) is 31.2 Å². The molecule has 1 amide bonds. The van der Waals surface area contributed by atoms with Gasteiger partial charge in [-0.3, -0.25) is 4.79 Å². The summed E-state index contributed by atoms with van der Waals surface area (Å²) in [5.41, 5.74) is 6.10. The Balaban J connectivity index is 2.75. The summed E-state index contributed by atoms with van der Waals surface area (Å²) in [6.45, 7) is 2.01. The van der Waals surface area contributed by atoms with Crippen LogP contribution in [-0.4, -0.2) is 18.5 Å². The summed E-state index contributed by atoms with van der Waals surface area (Å²) in [6, 6.07) is 6.34. The molecule has 0 heterocycles. The minimum Gasteiger partial charge on any atom is -0.456 e. The van der Waals surface area contributed by atoms with E-state index in [-0.39, 0.29) is 0 Å². The number of hydrogen-bond donors (Lipinski definition) is 1. The highest BCUT2D eigenvalue weighted by molar-refractivity contribution is 5.93. The van der Waals surface area contributed by atoms with Crippen LogP contribution in [0.5, 0.6) is 0 Å². The molecule has 82 valence electrons. The monoisotopic (exact) mass is 217 g/mol. The first-order valence-electron chi connectivity index (χ1n) is 4.72. The number of esters is 1. The van der Waals surface area contributed by atoms with Crippen LogP contribution in [0.4, 0.5) is 0 Å². The van der Waals surface area contributed by atoms with E-state index >= 15 is 0 Å². The lowest BCUT2D eigenvalue weighted by Crippen LogP contribution is -2.10. The Bertz CT molecular complexity index is 451. The van der Waals surface area contributed by atoms with Gasteiger partial charge in [0.15, 0.2) is 0 Å². The zero-order chi connectivity index (χ0) is 12.0. The molecule has 0 fully saturated rings. The van der Waals surface area contributed by atoms with E-state index in [4.69, 9.17) is 5.73 Å². The quantitative estimate of drug-likeness (QED) is 0.585. The Morgan fingerprint density at radius 2 is 1.94 bits per heavy atom. The van der Waals surface area contributed by atoms with Crippen LogP contribution in [0.2, 0.25) is 0 Å². The fraction of sp³-hybridized carbons (Fsp3) is 0.167. The highest BCUT2D eigenvalue weighted by Crippen LogP contribution is 2.02. The first-order chi connectivity index (χ1) is 7.63. The van der Waals surface area contributed by atoms with Crippen molar-refractivity contribution >= 4 is 11.9 Å². The summed E-state index contributed by atoms with van der Waals surface area (Å²) >= 11 is 0. The molecule has 1 aromatic rings. The van der Waals surface area contributed by atoms with Crippen molar-refractivity contribution in [3.63, 3.8) is 0 Å². The minimum absolute atomic E-state index is 0.300. The second kappa shape index (κ2) is 5.56. The molecule has 4 nitrogen and oxygen atoms in total. The highest BCUT2D eigenvalue weighted by Gasteiger charge is 1.98. The first-order valence-corrected chi connectivity index (χ1v) is 4.72. The zero-order valence-corrected chi connectivity index (χ0v) is 8.82. The molecule has 1 aromatic carbocycles. The summed E-state index contributed by atoms with van der Waals surface area (Å²) in [6.07, 6.45) is 0. The van der Waals surface area contributed by atoms with Crippen molar-refractivity contribution in [2.45, 2.75) is 6.92 Å². The molecule has 16 heavy (non-hydrogen) atoms. The number of benzene rings is 1. The third kappa shape index (κ3) is 3.46. The number of ether oxygens (including phenoxy) is 1. The predicted molar refractivity (Wildman–Crippen MR) is 58.5 cm³/mol. The molecule has 0 aromatic heterocycles. The van der Waals surface area contributed by atoms with E-state index in [2.05, 4.69) is 16.6 Å². The summed E-state index contributed by atoms with van der Waals surface area (Å²) in [5, 5.41) is 0. The van der Waals surface area contributed by atoms with E-state index in [0.29, 0.717) is 17.7 Å². The molecule has 0 spiro atoms. The highest BCUT2D eigenvalue weighted by atomic mass is 16.5. The zero-order valence-electron chi connectivity index (χ0n) is 8.82. The van der Waals surface area contributed by atoms with E-state index in [1.165, 1.54) is 0 Å². The predicted octanol–water partition coefficient (Wildman–Crippen LogP) is 0.700. The molecule has 0 saturated heterocycles. The fourth-order valence-corrected chi connectivity index (χ4v) is 1.01. The van der Waals surface area contributed by atoms with Crippen molar-refractivity contribution in [3.8, 4) is 11.8 Å². The van der Waals surface area contributed by atoms with E-state index in [1.54, 1.807) is 31.2 Å². The van der Waals surface area contributed by atoms with Gasteiger partial charge >= 0.3 is 5.97 Å². The van der Waals surface area contributed by atoms with Gasteiger partial charge in [-0.25, -0.2) is 4.79 Å². The largest absolute Gasteiger partial charge is 0.456 e. The molecular formula is C12H11NO3. The number of primary amides is 1. The van der Waals surface area contributed by atoms with E-state index in [9.17, 15) is 9.59 Å². The Labute approximate surface area is 93.4 Å². The van der Waals surface area contributed by atoms with Gasteiger partial charge in [0.2, 0.25) is 5.91 Å². The van der Waals surface area contributed by atoms with Gasteiger partial charge in [0.1, 0.15) is 0 Å². The molecule has 0 aliphatic carbocycles. The van der Waals surface area contributed by atoms with Crippen LogP contribution in [0.1, 0.15) is 22.8 Å². The molecule has 0 radical (unpaired) electrons. The third-order valence-electron chi connectivity index (χ3n) is 1.75. The number of carbonyl (C=O) groups is 2. The lowest BCUT2D eigenvalue weighted by atomic mass is 10.1. The number of nitrogens with two attached hydrogens (primary N) is 1. The second-order valence-corrected chi connectivity index (χ2v) is 2.91. The van der Waals surface area contributed by atoms with Crippen LogP contribution in [-0.2, 0) is 9.53 Å². The first kappa shape index (κ1) is 11.8. The van der Waals surface area contributed by atoms with Crippen molar-refractivity contribution in [3.05, 3.63) is 35.4 Å². The number of amides is 1. The van der Waals surface area contributed by atoms with Gasteiger partial charge in [-0.2, -0.15) is 0 Å². The van der Waals surface area contributed by atoms with E-state index < -0.39 is 11.9 Å². The summed E-state index contributed by atoms with van der Waals surface area (Å²) in [7, 11) is 0. The van der Waals surface area contributed by atoms with Crippen molar-refractivity contribution in [2.24, 2.45) is 5.73 Å². The molecule has 1 rings (SSSR count). The van der Waals surface area contributed by atoms with Crippen molar-refractivity contribution < 1.29 is 14.3 Å². The maximum Gasteiger partial charge on any atom is 0.384 e. The molecular weight excluding hydrogens is 206 g/mol. The molecule has 0 saturated carbocycles. The van der Waals surface area contributed by atoms with E-state index in [0.717, 1.165) is 0 Å². The van der Waals surface area contributed by atoms with Gasteiger partial charge < -0.3 is 10.5 Å². The Morgan fingerprint density at radius 3 is 2.44 bits per heavy atom. The third-order valence-corrected chi connectivity index (χ3v) is 1.75. The topological polar surface area (TPSA) is 69.4 Å². The fourth-order valence-electron chi connectivity index (χ4n) is 1.01. The standard InChI is InChI=1S/C12H11NO3/c1-2-16-11(14)8-5-9-3-6-10(7-4-9)12(13)15/h3-4,6-7H,2H2,1H3,(H2,13,15). The lowest BCUT2D eigenvalue weighted by molar-refractivity contribution is -0.136. The Hall–Kier alpha value is -2.28. The van der Waals surface area contributed by atoms with Crippen molar-refractivity contribution in [2.75, 3.05) is 6.61 Å². The van der Waals surface area contributed by atoms with Gasteiger partial charge in [-0.15, -0.1) is 0 Å². The molecule has 0 atom stereocenters. The maximum absolute atomic E-state index is 10.9. The number of carbonyl (C=O) groups excluding carboxylic acids is 2. The summed E-state index contributed by atoms with van der Waals surface area (Å²) in [5.74, 6) is 3.88. The molecule has 0 aliphatic rings. The van der Waals surface area contributed by atoms with Crippen molar-refractivity contribution in [1.29, 1.82) is 0 Å². The molecule has 0 aliphatic heterocycles. The normalized spacial score (nSPS) is 8.81. The number of hydrogen-bond acceptors (Lipinski definition) is 3. The average Bonchev–Trinajstić information content (AvgIpc) is 2.27. The smallest absolute Gasteiger partial charge is 0.384 e. The summed E-state index contributed by atoms with van der Waals surface area (Å²) in [4.78, 5) is 21.7. The van der Waals surface area contributed by atoms with Crippen LogP contribution in [0.3, 0.4) is 0 Å². The lowest BCUT2D eigenvalue weighted by Gasteiger charge is -1.94. The van der Waals surface area contributed by atoms with Crippen LogP contribution in [0.25, 0.3) is 0 Å². The van der Waals surface area contributed by atoms with Gasteiger partial charge in [-0.1, -0.05) is 5.92 Å². The molecule has 0 bridgehead atoms. The maximum atomic E-state index is 10.9. The SMILES string of the molecule is CCOC(=O)C#Cc1ccc(C(N)=O)cc1. The van der Waals surface area contributed by atoms with Crippen LogP contribution < -0.4 is 5.73 Å². The minimum atomic E-state index is -0.568. The molecule has 0 unspecified atom stereocenters. The Morgan fingerprint density at radius 1 is 1.31 bits per heavy atom. The molecule has 2 N–H and O–H groups in total.